The number of aryl methyl sites for hydroxylation is 1. The Bertz CT molecular complexity index is 1540. The Balaban J connectivity index is 1.42. The lowest BCUT2D eigenvalue weighted by Gasteiger charge is -2.37. The predicted molar refractivity (Wildman–Crippen MR) is 129 cm³/mol. The van der Waals surface area contributed by atoms with E-state index in [4.69, 9.17) is 10.2 Å². The van der Waals surface area contributed by atoms with Crippen LogP contribution in [0.1, 0.15) is 68.2 Å². The number of unbranched alkanes of at least 4 members (excludes halogenated alkanes) is 1. The topological polar surface area (TPSA) is 106 Å². The summed E-state index contributed by atoms with van der Waals surface area (Å²) in [5.41, 5.74) is 1.83. The van der Waals surface area contributed by atoms with Crippen LogP contribution in [0.5, 0.6) is 0 Å². The average molecular weight is 499 g/mol. The third kappa shape index (κ3) is 3.37. The van der Waals surface area contributed by atoms with Crippen molar-refractivity contribution in [2.75, 3.05) is 0 Å². The maximum Gasteiger partial charge on any atom is 0.252 e. The highest BCUT2D eigenvalue weighted by Gasteiger charge is 2.65. The molecule has 1 aromatic carbocycles. The molecule has 0 unspecified atom stereocenters. The maximum absolute atomic E-state index is 14.5. The second-order valence-electron chi connectivity index (χ2n) is 10.2. The van der Waals surface area contributed by atoms with E-state index in [0.29, 0.717) is 31.0 Å². The van der Waals surface area contributed by atoms with Gasteiger partial charge in [0.2, 0.25) is 0 Å². The van der Waals surface area contributed by atoms with Crippen molar-refractivity contribution in [3.63, 3.8) is 0 Å². The second-order valence-corrected chi connectivity index (χ2v) is 10.2. The molecule has 2 atom stereocenters. The Morgan fingerprint density at radius 3 is 2.73 bits per heavy atom. The van der Waals surface area contributed by atoms with E-state index in [0.717, 1.165) is 29.8 Å². The number of aromatic nitrogens is 7. The second kappa shape index (κ2) is 8.47. The van der Waals surface area contributed by atoms with Gasteiger partial charge in [-0.05, 0) is 60.4 Å². The van der Waals surface area contributed by atoms with E-state index in [9.17, 15) is 8.78 Å². The molecule has 1 saturated carbocycles. The van der Waals surface area contributed by atoms with Crippen LogP contribution in [0, 0.1) is 28.4 Å². The molecule has 2 bridgehead atoms. The van der Waals surface area contributed by atoms with Gasteiger partial charge in [0.05, 0.1) is 34.1 Å². The fraction of sp³-hybridized carbons (Fsp3) is 0.370. The van der Waals surface area contributed by atoms with E-state index < -0.39 is 17.0 Å². The van der Waals surface area contributed by atoms with Gasteiger partial charge in [0.25, 0.3) is 5.95 Å². The van der Waals surface area contributed by atoms with Crippen molar-refractivity contribution in [1.29, 1.82) is 5.26 Å². The first-order valence-corrected chi connectivity index (χ1v) is 12.3. The summed E-state index contributed by atoms with van der Waals surface area (Å²) in [6.07, 6.45) is 6.76. The first kappa shape index (κ1) is 23.3. The quantitative estimate of drug-likeness (QED) is 0.350. The smallest absolute Gasteiger partial charge is 0.220 e. The van der Waals surface area contributed by atoms with Gasteiger partial charge in [-0.1, -0.05) is 19.9 Å². The van der Waals surface area contributed by atoms with Crippen LogP contribution in [0.4, 0.5) is 8.78 Å². The summed E-state index contributed by atoms with van der Waals surface area (Å²) in [5, 5.41) is 22.1. The molecular weight excluding hydrogens is 474 g/mol. The zero-order chi connectivity index (χ0) is 25.8. The molecular formula is C27H24F2N8. The lowest BCUT2D eigenvalue weighted by molar-refractivity contribution is 0.242. The number of fused-ring (bicyclic) bond motifs is 5. The highest BCUT2D eigenvalue weighted by atomic mass is 19.1. The number of nitriles is 1. The molecule has 1 fully saturated rings. The van der Waals surface area contributed by atoms with Crippen molar-refractivity contribution >= 4 is 0 Å². The molecule has 4 aromatic rings. The molecule has 10 heteroatoms. The van der Waals surface area contributed by atoms with Crippen molar-refractivity contribution < 1.29 is 8.78 Å². The molecule has 2 aliphatic rings. The van der Waals surface area contributed by atoms with Gasteiger partial charge < -0.3 is 0 Å². The maximum atomic E-state index is 14.5. The van der Waals surface area contributed by atoms with Crippen LogP contribution in [-0.4, -0.2) is 34.9 Å². The number of rotatable bonds is 6. The number of benzene rings is 1. The lowest BCUT2D eigenvalue weighted by Crippen LogP contribution is -2.38. The molecule has 0 aliphatic heterocycles. The largest absolute Gasteiger partial charge is 0.252 e. The molecule has 0 N–H and O–H groups in total. The third-order valence-electron chi connectivity index (χ3n) is 8.11. The van der Waals surface area contributed by atoms with E-state index in [1.54, 1.807) is 23.3 Å². The van der Waals surface area contributed by atoms with Crippen LogP contribution >= 0.6 is 0 Å². The first-order valence-electron chi connectivity index (χ1n) is 12.3. The molecule has 8 nitrogen and oxygen atoms in total. The van der Waals surface area contributed by atoms with E-state index in [1.807, 2.05) is 6.07 Å². The van der Waals surface area contributed by atoms with Gasteiger partial charge in [-0.15, -0.1) is 10.2 Å². The fourth-order valence-electron chi connectivity index (χ4n) is 6.29. The van der Waals surface area contributed by atoms with Crippen molar-refractivity contribution in [2.45, 2.75) is 57.3 Å². The van der Waals surface area contributed by atoms with Crippen LogP contribution in [0.3, 0.4) is 0 Å². The Kier molecular flexibility index (Phi) is 5.33. The standard InChI is InChI=1S/C27H24F2N8/c1-26(2)17-9-11-27(26,24-16(17)14-20(34-35-24)23-18(28)6-5-7-19(23)29)21-10-13-31-25(33-21)37-15-32-22(36-37)8-3-4-12-30/h5-7,10,13-15,17H,3-4,8-9,11H2,1-2H3/t17-,27+/m0/s1. The minimum absolute atomic E-state index is 0.142. The fourth-order valence-corrected chi connectivity index (χ4v) is 6.29. The SMILES string of the molecule is CC1(C)[C@H]2CC[C@@]1(c1ccnc(-n3cnc(CCCC#N)n3)n1)c1nnc(-c3c(F)cccc3F)cc12. The summed E-state index contributed by atoms with van der Waals surface area (Å²) < 4.78 is 30.6. The van der Waals surface area contributed by atoms with Crippen LogP contribution in [0.15, 0.2) is 42.9 Å². The number of halogens is 2. The molecule has 0 spiro atoms. The Morgan fingerprint density at radius 1 is 1.14 bits per heavy atom. The van der Waals surface area contributed by atoms with E-state index in [2.05, 4.69) is 45.2 Å². The molecule has 3 heterocycles. The molecule has 3 aromatic heterocycles. The van der Waals surface area contributed by atoms with Gasteiger partial charge in [-0.2, -0.15) is 15.0 Å². The third-order valence-corrected chi connectivity index (χ3v) is 8.11. The summed E-state index contributed by atoms with van der Waals surface area (Å²) in [7, 11) is 0. The number of hydrogen-bond acceptors (Lipinski definition) is 7. The highest BCUT2D eigenvalue weighted by Crippen LogP contribution is 2.69. The van der Waals surface area contributed by atoms with E-state index in [1.165, 1.54) is 18.2 Å². The number of nitrogens with zero attached hydrogens (tertiary/aromatic N) is 8. The normalized spacial score (nSPS) is 21.1. The molecule has 2 aliphatic carbocycles. The highest BCUT2D eigenvalue weighted by molar-refractivity contribution is 5.64. The molecule has 0 amide bonds. The lowest BCUT2D eigenvalue weighted by atomic mass is 9.66. The zero-order valence-corrected chi connectivity index (χ0v) is 20.5. The molecule has 37 heavy (non-hydrogen) atoms. The summed E-state index contributed by atoms with van der Waals surface area (Å²) in [5.74, 6) is -0.147. The minimum atomic E-state index is -0.661. The summed E-state index contributed by atoms with van der Waals surface area (Å²) in [6.45, 7) is 4.39. The van der Waals surface area contributed by atoms with Crippen LogP contribution in [-0.2, 0) is 11.8 Å². The monoisotopic (exact) mass is 498 g/mol. The van der Waals surface area contributed by atoms with Gasteiger partial charge in [-0.25, -0.2) is 23.7 Å². The Hall–Kier alpha value is -4.13. The van der Waals surface area contributed by atoms with Crippen LogP contribution in [0.25, 0.3) is 17.2 Å². The van der Waals surface area contributed by atoms with Crippen LogP contribution in [0.2, 0.25) is 0 Å². The first-order chi connectivity index (χ1) is 17.9. The van der Waals surface area contributed by atoms with Crippen molar-refractivity contribution in [3.05, 3.63) is 77.3 Å². The Labute approximate surface area is 212 Å². The van der Waals surface area contributed by atoms with Gasteiger partial charge in [0, 0.05) is 19.0 Å². The van der Waals surface area contributed by atoms with Crippen molar-refractivity contribution in [2.24, 2.45) is 5.41 Å². The van der Waals surface area contributed by atoms with Crippen LogP contribution < -0.4 is 0 Å². The molecule has 6 rings (SSSR count). The molecule has 186 valence electrons. The summed E-state index contributed by atoms with van der Waals surface area (Å²) in [6, 6.07) is 9.62. The Morgan fingerprint density at radius 2 is 1.95 bits per heavy atom. The average Bonchev–Trinajstić information content (AvgIpc) is 3.52. The molecule has 0 radical (unpaired) electrons. The van der Waals surface area contributed by atoms with Gasteiger partial charge in [0.15, 0.2) is 5.82 Å². The van der Waals surface area contributed by atoms with Gasteiger partial charge >= 0.3 is 0 Å². The molecule has 0 saturated heterocycles. The predicted octanol–water partition coefficient (Wildman–Crippen LogP) is 4.84. The summed E-state index contributed by atoms with van der Waals surface area (Å²) >= 11 is 0. The van der Waals surface area contributed by atoms with E-state index in [-0.39, 0.29) is 22.6 Å². The van der Waals surface area contributed by atoms with Gasteiger partial charge in [-0.3, -0.25) is 0 Å². The van der Waals surface area contributed by atoms with Gasteiger partial charge in [0.1, 0.15) is 18.0 Å². The van der Waals surface area contributed by atoms with E-state index >= 15 is 0 Å². The number of hydrogen-bond donors (Lipinski definition) is 0. The zero-order valence-electron chi connectivity index (χ0n) is 20.5. The van der Waals surface area contributed by atoms with Crippen molar-refractivity contribution in [1.82, 2.24) is 34.9 Å². The minimum Gasteiger partial charge on any atom is -0.220 e. The summed E-state index contributed by atoms with van der Waals surface area (Å²) in [4.78, 5) is 13.7. The van der Waals surface area contributed by atoms with Crippen molar-refractivity contribution in [3.8, 4) is 23.3 Å².